The van der Waals surface area contributed by atoms with Crippen LogP contribution in [0.15, 0.2) is 12.3 Å². The molecule has 1 aromatic rings. The number of hydrogen-bond donors (Lipinski definition) is 1. The second-order valence-corrected chi connectivity index (χ2v) is 5.60. The molecule has 0 bridgehead atoms. The highest BCUT2D eigenvalue weighted by Gasteiger charge is 2.12. The van der Waals surface area contributed by atoms with Crippen molar-refractivity contribution < 1.29 is 0 Å². The van der Waals surface area contributed by atoms with Gasteiger partial charge in [-0.2, -0.15) is 4.98 Å². The van der Waals surface area contributed by atoms with Gasteiger partial charge in [0.1, 0.15) is 5.82 Å². The quantitative estimate of drug-likeness (QED) is 0.841. The maximum Gasteiger partial charge on any atom is 0.227 e. The SMILES string of the molecule is CCCN(CCC)c1nccc(NC(C)(C)C)n1. The van der Waals surface area contributed by atoms with Crippen LogP contribution >= 0.6 is 0 Å². The fraction of sp³-hybridized carbons (Fsp3) is 0.714. The van der Waals surface area contributed by atoms with E-state index in [0.717, 1.165) is 37.7 Å². The molecule has 0 atom stereocenters. The largest absolute Gasteiger partial charge is 0.365 e. The molecule has 0 saturated carbocycles. The first-order valence-corrected chi connectivity index (χ1v) is 6.82. The summed E-state index contributed by atoms with van der Waals surface area (Å²) < 4.78 is 0. The highest BCUT2D eigenvalue weighted by Crippen LogP contribution is 2.15. The van der Waals surface area contributed by atoms with E-state index in [4.69, 9.17) is 0 Å². The molecule has 0 amide bonds. The molecule has 0 aliphatic carbocycles. The smallest absolute Gasteiger partial charge is 0.227 e. The van der Waals surface area contributed by atoms with Gasteiger partial charge in [-0.1, -0.05) is 13.8 Å². The fourth-order valence-electron chi connectivity index (χ4n) is 1.81. The van der Waals surface area contributed by atoms with Crippen molar-refractivity contribution in [3.05, 3.63) is 12.3 Å². The van der Waals surface area contributed by atoms with Gasteiger partial charge in [-0.25, -0.2) is 4.98 Å². The zero-order valence-corrected chi connectivity index (χ0v) is 12.3. The zero-order valence-electron chi connectivity index (χ0n) is 12.3. The molecule has 0 aromatic carbocycles. The van der Waals surface area contributed by atoms with Gasteiger partial charge in [0.05, 0.1) is 0 Å². The summed E-state index contributed by atoms with van der Waals surface area (Å²) in [5.41, 5.74) is 0.0198. The summed E-state index contributed by atoms with van der Waals surface area (Å²) >= 11 is 0. The van der Waals surface area contributed by atoms with E-state index < -0.39 is 0 Å². The van der Waals surface area contributed by atoms with Crippen LogP contribution in [0.5, 0.6) is 0 Å². The van der Waals surface area contributed by atoms with Crippen LogP contribution in [0.4, 0.5) is 11.8 Å². The van der Waals surface area contributed by atoms with Gasteiger partial charge in [-0.3, -0.25) is 0 Å². The number of hydrogen-bond acceptors (Lipinski definition) is 4. The molecule has 4 heteroatoms. The molecule has 0 aliphatic heterocycles. The summed E-state index contributed by atoms with van der Waals surface area (Å²) in [5, 5.41) is 3.38. The molecule has 0 aliphatic rings. The van der Waals surface area contributed by atoms with E-state index in [9.17, 15) is 0 Å². The lowest BCUT2D eigenvalue weighted by molar-refractivity contribution is 0.629. The number of aromatic nitrogens is 2. The van der Waals surface area contributed by atoms with Gasteiger partial charge in [-0.15, -0.1) is 0 Å². The van der Waals surface area contributed by atoms with Crippen molar-refractivity contribution in [3.8, 4) is 0 Å². The van der Waals surface area contributed by atoms with Crippen LogP contribution in [-0.4, -0.2) is 28.6 Å². The molecular formula is C14H26N4. The summed E-state index contributed by atoms with van der Waals surface area (Å²) in [6, 6.07) is 1.92. The molecule has 0 unspecified atom stereocenters. The number of rotatable bonds is 6. The Hall–Kier alpha value is -1.32. The van der Waals surface area contributed by atoms with Crippen molar-refractivity contribution in [1.82, 2.24) is 9.97 Å². The maximum absolute atomic E-state index is 4.60. The summed E-state index contributed by atoms with van der Waals surface area (Å²) in [6.07, 6.45) is 4.05. The number of nitrogens with zero attached hydrogens (tertiary/aromatic N) is 3. The van der Waals surface area contributed by atoms with E-state index in [1.165, 1.54) is 0 Å². The molecule has 1 aromatic heterocycles. The Labute approximate surface area is 111 Å². The first-order chi connectivity index (χ1) is 8.46. The van der Waals surface area contributed by atoms with Crippen LogP contribution in [0.25, 0.3) is 0 Å². The van der Waals surface area contributed by atoms with Crippen molar-refractivity contribution in [1.29, 1.82) is 0 Å². The van der Waals surface area contributed by atoms with Crippen LogP contribution in [0.1, 0.15) is 47.5 Å². The Morgan fingerprint density at radius 3 is 2.28 bits per heavy atom. The van der Waals surface area contributed by atoms with Gasteiger partial charge < -0.3 is 10.2 Å². The molecular weight excluding hydrogens is 224 g/mol. The van der Waals surface area contributed by atoms with E-state index in [-0.39, 0.29) is 5.54 Å². The summed E-state index contributed by atoms with van der Waals surface area (Å²) in [4.78, 5) is 11.2. The number of nitrogens with one attached hydrogen (secondary N) is 1. The van der Waals surface area contributed by atoms with E-state index in [1.54, 1.807) is 0 Å². The highest BCUT2D eigenvalue weighted by molar-refractivity contribution is 5.42. The van der Waals surface area contributed by atoms with Crippen molar-refractivity contribution in [2.24, 2.45) is 0 Å². The predicted octanol–water partition coefficient (Wildman–Crippen LogP) is 3.31. The van der Waals surface area contributed by atoms with Gasteiger partial charge in [-0.05, 0) is 39.7 Å². The topological polar surface area (TPSA) is 41.1 Å². The van der Waals surface area contributed by atoms with E-state index in [1.807, 2.05) is 12.3 Å². The molecule has 0 spiro atoms. The van der Waals surface area contributed by atoms with Crippen LogP contribution < -0.4 is 10.2 Å². The maximum atomic E-state index is 4.60. The molecule has 1 heterocycles. The predicted molar refractivity (Wildman–Crippen MR) is 78.2 cm³/mol. The molecule has 0 saturated heterocycles. The minimum absolute atomic E-state index is 0.0198. The second-order valence-electron chi connectivity index (χ2n) is 5.60. The first-order valence-electron chi connectivity index (χ1n) is 6.82. The molecule has 18 heavy (non-hydrogen) atoms. The van der Waals surface area contributed by atoms with Gasteiger partial charge in [0, 0.05) is 24.8 Å². The average Bonchev–Trinajstić information content (AvgIpc) is 2.27. The Bertz CT molecular complexity index is 351. The van der Waals surface area contributed by atoms with Crippen LogP contribution in [0.2, 0.25) is 0 Å². The van der Waals surface area contributed by atoms with Crippen molar-refractivity contribution in [2.75, 3.05) is 23.3 Å². The van der Waals surface area contributed by atoms with Crippen LogP contribution in [0, 0.1) is 0 Å². The standard InChI is InChI=1S/C14H26N4/c1-6-10-18(11-7-2)13-15-9-8-12(16-13)17-14(3,4)5/h8-9H,6-7,10-11H2,1-5H3,(H,15,16,17). The summed E-state index contributed by atoms with van der Waals surface area (Å²) in [6.45, 7) is 12.8. The van der Waals surface area contributed by atoms with Gasteiger partial charge in [0.2, 0.25) is 5.95 Å². The van der Waals surface area contributed by atoms with Gasteiger partial charge in [0.15, 0.2) is 0 Å². The van der Waals surface area contributed by atoms with Crippen molar-refractivity contribution in [2.45, 2.75) is 53.0 Å². The zero-order chi connectivity index (χ0) is 13.6. The summed E-state index contributed by atoms with van der Waals surface area (Å²) in [7, 11) is 0. The van der Waals surface area contributed by atoms with E-state index >= 15 is 0 Å². The monoisotopic (exact) mass is 250 g/mol. The Kier molecular flexibility index (Phi) is 5.38. The molecule has 0 radical (unpaired) electrons. The molecule has 1 rings (SSSR count). The lowest BCUT2D eigenvalue weighted by Gasteiger charge is -2.24. The van der Waals surface area contributed by atoms with Crippen molar-refractivity contribution >= 4 is 11.8 Å². The Morgan fingerprint density at radius 2 is 1.78 bits per heavy atom. The normalized spacial score (nSPS) is 11.4. The second kappa shape index (κ2) is 6.57. The number of anilines is 2. The Balaban J connectivity index is 2.84. The minimum Gasteiger partial charge on any atom is -0.365 e. The van der Waals surface area contributed by atoms with Crippen LogP contribution in [0.3, 0.4) is 0 Å². The van der Waals surface area contributed by atoms with Crippen molar-refractivity contribution in [3.63, 3.8) is 0 Å². The van der Waals surface area contributed by atoms with Gasteiger partial charge in [0.25, 0.3) is 0 Å². The average molecular weight is 250 g/mol. The van der Waals surface area contributed by atoms with E-state index in [2.05, 4.69) is 54.8 Å². The van der Waals surface area contributed by atoms with E-state index in [0.29, 0.717) is 0 Å². The fourth-order valence-corrected chi connectivity index (χ4v) is 1.81. The van der Waals surface area contributed by atoms with Gasteiger partial charge >= 0.3 is 0 Å². The Morgan fingerprint density at radius 1 is 1.17 bits per heavy atom. The lowest BCUT2D eigenvalue weighted by Crippen LogP contribution is -2.29. The third-order valence-electron chi connectivity index (χ3n) is 2.42. The molecule has 4 nitrogen and oxygen atoms in total. The molecule has 1 N–H and O–H groups in total. The highest BCUT2D eigenvalue weighted by atomic mass is 15.3. The third-order valence-corrected chi connectivity index (χ3v) is 2.42. The first kappa shape index (κ1) is 14.7. The van der Waals surface area contributed by atoms with Crippen LogP contribution in [-0.2, 0) is 0 Å². The lowest BCUT2D eigenvalue weighted by atomic mass is 10.1. The molecule has 0 fully saturated rings. The third kappa shape index (κ3) is 4.90. The summed E-state index contributed by atoms with van der Waals surface area (Å²) in [5.74, 6) is 1.72. The molecule has 102 valence electrons. The minimum atomic E-state index is 0.0198.